The molecule has 0 aliphatic carbocycles. The summed E-state index contributed by atoms with van der Waals surface area (Å²) < 4.78 is 11.2. The van der Waals surface area contributed by atoms with Crippen LogP contribution in [0.1, 0.15) is 29.3 Å². The number of carbonyl (C=O) groups excluding carboxylic acids is 2. The number of hydrogen-bond acceptors (Lipinski definition) is 4. The van der Waals surface area contributed by atoms with Gasteiger partial charge in [0.1, 0.15) is 11.9 Å². The van der Waals surface area contributed by atoms with Crippen LogP contribution in [-0.2, 0) is 16.0 Å². The monoisotopic (exact) mass is 365 g/mol. The minimum absolute atomic E-state index is 0.0385. The van der Waals surface area contributed by atoms with Crippen LogP contribution in [0.4, 0.5) is 0 Å². The van der Waals surface area contributed by atoms with Gasteiger partial charge in [-0.1, -0.05) is 30.3 Å². The lowest BCUT2D eigenvalue weighted by molar-refractivity contribution is -0.125. The Hall–Kier alpha value is -2.66. The van der Waals surface area contributed by atoms with Crippen LogP contribution in [0.2, 0.25) is 0 Å². The highest BCUT2D eigenvalue weighted by molar-refractivity contribution is 6.00. The maximum Gasteiger partial charge on any atom is 0.225 e. The predicted molar refractivity (Wildman–Crippen MR) is 102 cm³/mol. The molecule has 0 bridgehead atoms. The topological polar surface area (TPSA) is 64.6 Å². The van der Waals surface area contributed by atoms with E-state index in [1.807, 2.05) is 36.4 Å². The molecule has 1 saturated heterocycles. The second-order valence-electron chi connectivity index (χ2n) is 7.17. The summed E-state index contributed by atoms with van der Waals surface area (Å²) in [6, 6.07) is 13.7. The van der Waals surface area contributed by atoms with E-state index in [1.165, 1.54) is 0 Å². The van der Waals surface area contributed by atoms with Crippen molar-refractivity contribution in [1.82, 2.24) is 5.32 Å². The molecule has 2 aliphatic heterocycles. The minimum Gasteiger partial charge on any atom is -0.488 e. The van der Waals surface area contributed by atoms with E-state index in [4.69, 9.17) is 9.47 Å². The lowest BCUT2D eigenvalue weighted by atomic mass is 9.95. The molecule has 4 rings (SSSR count). The predicted octanol–water partition coefficient (Wildman–Crippen LogP) is 3.01. The van der Waals surface area contributed by atoms with Crippen molar-refractivity contribution in [2.75, 3.05) is 19.8 Å². The zero-order valence-electron chi connectivity index (χ0n) is 15.4. The summed E-state index contributed by atoms with van der Waals surface area (Å²) in [7, 11) is 0. The van der Waals surface area contributed by atoms with Crippen LogP contribution in [0.15, 0.2) is 42.5 Å². The van der Waals surface area contributed by atoms with Gasteiger partial charge in [0, 0.05) is 18.6 Å². The maximum atomic E-state index is 12.1. The van der Waals surface area contributed by atoms with Gasteiger partial charge in [0.2, 0.25) is 5.91 Å². The molecule has 140 valence electrons. The average Bonchev–Trinajstić information content (AvgIpc) is 3.35. The fourth-order valence-electron chi connectivity index (χ4n) is 3.74. The number of ether oxygens (including phenoxy) is 2. The Kier molecular flexibility index (Phi) is 4.94. The van der Waals surface area contributed by atoms with Crippen LogP contribution < -0.4 is 10.1 Å². The number of benzene rings is 2. The van der Waals surface area contributed by atoms with Crippen molar-refractivity contribution in [1.29, 1.82) is 0 Å². The molecule has 5 nitrogen and oxygen atoms in total. The third-order valence-corrected chi connectivity index (χ3v) is 5.22. The molecule has 0 spiro atoms. The van der Waals surface area contributed by atoms with Gasteiger partial charge >= 0.3 is 0 Å². The van der Waals surface area contributed by atoms with Crippen molar-refractivity contribution in [2.45, 2.75) is 25.9 Å². The zero-order valence-corrected chi connectivity index (χ0v) is 15.4. The Labute approximate surface area is 158 Å². The molecular weight excluding hydrogens is 342 g/mol. The number of ketones is 1. The van der Waals surface area contributed by atoms with Crippen molar-refractivity contribution >= 4 is 11.7 Å². The van der Waals surface area contributed by atoms with Crippen LogP contribution >= 0.6 is 0 Å². The van der Waals surface area contributed by atoms with Crippen molar-refractivity contribution in [3.05, 3.63) is 53.6 Å². The van der Waals surface area contributed by atoms with E-state index in [2.05, 4.69) is 11.4 Å². The molecule has 5 heteroatoms. The number of fused-ring (bicyclic) bond motifs is 1. The molecule has 2 heterocycles. The van der Waals surface area contributed by atoms with Crippen LogP contribution in [0.25, 0.3) is 11.1 Å². The second-order valence-corrected chi connectivity index (χ2v) is 7.17. The summed E-state index contributed by atoms with van der Waals surface area (Å²) in [5.74, 6) is 0.910. The van der Waals surface area contributed by atoms with Gasteiger partial charge in [0.05, 0.1) is 19.1 Å². The molecule has 0 radical (unpaired) electrons. The molecule has 2 aliphatic rings. The Bertz CT molecular complexity index is 870. The smallest absolute Gasteiger partial charge is 0.225 e. The summed E-state index contributed by atoms with van der Waals surface area (Å²) in [6.45, 7) is 3.25. The number of amides is 1. The molecule has 2 aromatic carbocycles. The van der Waals surface area contributed by atoms with Gasteiger partial charge in [-0.15, -0.1) is 0 Å². The molecule has 1 N–H and O–H groups in total. The molecular formula is C22H23NO4. The lowest BCUT2D eigenvalue weighted by Gasteiger charge is -2.14. The summed E-state index contributed by atoms with van der Waals surface area (Å²) in [5.41, 5.74) is 3.77. The van der Waals surface area contributed by atoms with E-state index < -0.39 is 0 Å². The highest BCUT2D eigenvalue weighted by atomic mass is 16.5. The normalized spacial score (nSPS) is 20.8. The van der Waals surface area contributed by atoms with E-state index in [-0.39, 0.29) is 23.7 Å². The average molecular weight is 365 g/mol. The summed E-state index contributed by atoms with van der Waals surface area (Å²) in [4.78, 5) is 24.0. The molecule has 0 unspecified atom stereocenters. The maximum absolute atomic E-state index is 12.1. The van der Waals surface area contributed by atoms with Gasteiger partial charge in [-0.2, -0.15) is 0 Å². The number of rotatable bonds is 5. The fraction of sp³-hybridized carbons (Fsp3) is 0.364. The van der Waals surface area contributed by atoms with Crippen LogP contribution in [-0.4, -0.2) is 37.6 Å². The Morgan fingerprint density at radius 2 is 2.04 bits per heavy atom. The number of carbonyl (C=O) groups is 2. The van der Waals surface area contributed by atoms with Crippen molar-refractivity contribution in [2.24, 2.45) is 5.92 Å². The van der Waals surface area contributed by atoms with E-state index in [0.717, 1.165) is 40.8 Å². The van der Waals surface area contributed by atoms with Crippen molar-refractivity contribution in [3.63, 3.8) is 0 Å². The summed E-state index contributed by atoms with van der Waals surface area (Å²) in [5, 5.41) is 2.98. The summed E-state index contributed by atoms with van der Waals surface area (Å²) >= 11 is 0. The first-order valence-corrected chi connectivity index (χ1v) is 9.37. The van der Waals surface area contributed by atoms with Gasteiger partial charge in [-0.05, 0) is 42.2 Å². The van der Waals surface area contributed by atoms with Gasteiger partial charge in [-0.25, -0.2) is 0 Å². The first-order valence-electron chi connectivity index (χ1n) is 9.37. The third-order valence-electron chi connectivity index (χ3n) is 5.22. The van der Waals surface area contributed by atoms with Crippen molar-refractivity contribution < 1.29 is 19.1 Å². The zero-order chi connectivity index (χ0) is 18.8. The van der Waals surface area contributed by atoms with Crippen molar-refractivity contribution in [3.8, 4) is 16.9 Å². The van der Waals surface area contributed by atoms with Crippen LogP contribution in [0.3, 0.4) is 0 Å². The standard InChI is InChI=1S/C22H23NO4/c1-14(24)19-4-2-3-5-20(19)15-6-7-21-17(10-15)11-18(27-21)12-23-22(25)16-8-9-26-13-16/h2-7,10,16,18H,8-9,11-13H2,1H3,(H,23,25)/t16-,18+/m0/s1. The minimum atomic E-state index is -0.0652. The quantitative estimate of drug-likeness (QED) is 0.828. The van der Waals surface area contributed by atoms with Gasteiger partial charge in [-0.3, -0.25) is 9.59 Å². The summed E-state index contributed by atoms with van der Waals surface area (Å²) in [6.07, 6.45) is 1.47. The number of hydrogen-bond donors (Lipinski definition) is 1. The fourth-order valence-corrected chi connectivity index (χ4v) is 3.74. The Morgan fingerprint density at radius 1 is 1.19 bits per heavy atom. The molecule has 2 aromatic rings. The highest BCUT2D eigenvalue weighted by Crippen LogP contribution is 2.34. The molecule has 1 amide bonds. The van der Waals surface area contributed by atoms with E-state index >= 15 is 0 Å². The molecule has 27 heavy (non-hydrogen) atoms. The molecule has 2 atom stereocenters. The van der Waals surface area contributed by atoms with E-state index in [9.17, 15) is 9.59 Å². The second kappa shape index (κ2) is 7.53. The first kappa shape index (κ1) is 17.7. The largest absolute Gasteiger partial charge is 0.488 e. The SMILES string of the molecule is CC(=O)c1ccccc1-c1ccc2c(c1)C[C@H](CNC(=O)[C@H]1CCOC1)O2. The van der Waals surface area contributed by atoms with E-state index in [1.54, 1.807) is 6.92 Å². The van der Waals surface area contributed by atoms with Gasteiger partial charge in [0.25, 0.3) is 0 Å². The highest BCUT2D eigenvalue weighted by Gasteiger charge is 2.27. The van der Waals surface area contributed by atoms with Crippen LogP contribution in [0.5, 0.6) is 5.75 Å². The van der Waals surface area contributed by atoms with Gasteiger partial charge < -0.3 is 14.8 Å². The number of Topliss-reactive ketones (excluding diaryl/α,β-unsaturated/α-hetero) is 1. The molecule has 0 aromatic heterocycles. The molecule has 0 saturated carbocycles. The third kappa shape index (κ3) is 3.74. The Balaban J connectivity index is 1.44. The first-order chi connectivity index (χ1) is 13.1. The lowest BCUT2D eigenvalue weighted by Crippen LogP contribution is -2.38. The molecule has 1 fully saturated rings. The van der Waals surface area contributed by atoms with Gasteiger partial charge in [0.15, 0.2) is 5.78 Å². The van der Waals surface area contributed by atoms with Crippen LogP contribution in [0, 0.1) is 5.92 Å². The van der Waals surface area contributed by atoms with E-state index in [0.29, 0.717) is 19.8 Å². The Morgan fingerprint density at radius 3 is 2.81 bits per heavy atom. The number of nitrogens with one attached hydrogen (secondary N) is 1.